The lowest BCUT2D eigenvalue weighted by molar-refractivity contribution is -0.118. The molecule has 0 spiro atoms. The van der Waals surface area contributed by atoms with E-state index in [4.69, 9.17) is 0 Å². The molecule has 3 rings (SSSR count). The zero-order valence-corrected chi connectivity index (χ0v) is 9.94. The first-order chi connectivity index (χ1) is 8.22. The van der Waals surface area contributed by atoms with Crippen molar-refractivity contribution in [3.05, 3.63) is 29.8 Å². The van der Waals surface area contributed by atoms with E-state index in [9.17, 15) is 4.79 Å². The Kier molecular flexibility index (Phi) is 2.61. The molecule has 4 heteroatoms. The quantitative estimate of drug-likeness (QED) is 0.777. The van der Waals surface area contributed by atoms with Gasteiger partial charge in [0.25, 0.3) is 0 Å². The average Bonchev–Trinajstić information content (AvgIpc) is 2.28. The van der Waals surface area contributed by atoms with Crippen molar-refractivity contribution in [1.82, 2.24) is 10.2 Å². The van der Waals surface area contributed by atoms with Gasteiger partial charge in [0.2, 0.25) is 5.91 Å². The third-order valence-electron chi connectivity index (χ3n) is 3.52. The summed E-state index contributed by atoms with van der Waals surface area (Å²) < 4.78 is 0. The van der Waals surface area contributed by atoms with Gasteiger partial charge in [0.1, 0.15) is 0 Å². The average molecular weight is 231 g/mol. The molecular formula is C13H17N3O. The monoisotopic (exact) mass is 231 g/mol. The summed E-state index contributed by atoms with van der Waals surface area (Å²) in [7, 11) is 2.09. The highest BCUT2D eigenvalue weighted by molar-refractivity contribution is 5.98. The lowest BCUT2D eigenvalue weighted by Crippen LogP contribution is -2.61. The fourth-order valence-electron chi connectivity index (χ4n) is 2.58. The molecule has 0 bridgehead atoms. The second kappa shape index (κ2) is 4.13. The van der Waals surface area contributed by atoms with E-state index >= 15 is 0 Å². The van der Waals surface area contributed by atoms with E-state index in [0.29, 0.717) is 6.04 Å². The number of likely N-dealkylation sites (tertiary alicyclic amines) is 1. The second-order valence-corrected chi connectivity index (χ2v) is 4.99. The van der Waals surface area contributed by atoms with Crippen molar-refractivity contribution in [2.24, 2.45) is 0 Å². The van der Waals surface area contributed by atoms with Gasteiger partial charge in [0.05, 0.1) is 6.04 Å². The van der Waals surface area contributed by atoms with Crippen molar-refractivity contribution in [3.8, 4) is 0 Å². The molecule has 0 aromatic heterocycles. The molecule has 1 saturated heterocycles. The minimum atomic E-state index is -0.0800. The Bertz CT molecular complexity index is 440. The number of para-hydroxylation sites is 1. The Hall–Kier alpha value is -1.39. The van der Waals surface area contributed by atoms with Crippen molar-refractivity contribution < 1.29 is 4.79 Å². The number of fused-ring (bicyclic) bond motifs is 1. The van der Waals surface area contributed by atoms with E-state index in [0.717, 1.165) is 25.2 Å². The predicted octanol–water partition coefficient (Wildman–Crippen LogP) is 0.453. The number of likely N-dealkylation sites (N-methyl/N-ethyl adjacent to an activating group) is 1. The third kappa shape index (κ3) is 2.06. The minimum Gasteiger partial charge on any atom is -0.324 e. The second-order valence-electron chi connectivity index (χ2n) is 4.99. The highest BCUT2D eigenvalue weighted by atomic mass is 16.2. The van der Waals surface area contributed by atoms with Crippen LogP contribution in [0.3, 0.4) is 0 Å². The number of benzene rings is 1. The molecule has 0 radical (unpaired) electrons. The van der Waals surface area contributed by atoms with Gasteiger partial charge in [-0.05, 0) is 25.1 Å². The molecule has 1 aromatic carbocycles. The van der Waals surface area contributed by atoms with Gasteiger partial charge in [0.15, 0.2) is 0 Å². The largest absolute Gasteiger partial charge is 0.324 e. The number of nitrogens with zero attached hydrogens (tertiary/aromatic N) is 1. The van der Waals surface area contributed by atoms with Crippen molar-refractivity contribution >= 4 is 11.6 Å². The molecule has 2 aliphatic rings. The number of rotatable bonds is 2. The highest BCUT2D eigenvalue weighted by Gasteiger charge is 2.31. The number of hydrogen-bond donors (Lipinski definition) is 2. The Morgan fingerprint density at radius 2 is 2.12 bits per heavy atom. The molecule has 2 N–H and O–H groups in total. The summed E-state index contributed by atoms with van der Waals surface area (Å²) in [6.45, 7) is 2.07. The maximum absolute atomic E-state index is 11.9. The number of anilines is 1. The van der Waals surface area contributed by atoms with Crippen LogP contribution < -0.4 is 10.6 Å². The van der Waals surface area contributed by atoms with E-state index in [2.05, 4.69) is 28.6 Å². The van der Waals surface area contributed by atoms with E-state index < -0.39 is 0 Å². The number of carbonyl (C=O) groups is 1. The zero-order chi connectivity index (χ0) is 11.8. The highest BCUT2D eigenvalue weighted by Crippen LogP contribution is 2.22. The molecule has 17 heavy (non-hydrogen) atoms. The summed E-state index contributed by atoms with van der Waals surface area (Å²) in [5.41, 5.74) is 2.18. The molecule has 4 nitrogen and oxygen atoms in total. The molecule has 90 valence electrons. The van der Waals surface area contributed by atoms with Crippen LogP contribution in [-0.2, 0) is 11.2 Å². The Labute approximate surface area is 101 Å². The van der Waals surface area contributed by atoms with Gasteiger partial charge in [-0.1, -0.05) is 18.2 Å². The van der Waals surface area contributed by atoms with E-state index in [1.54, 1.807) is 0 Å². The summed E-state index contributed by atoms with van der Waals surface area (Å²) in [5.74, 6) is 0.0956. The van der Waals surface area contributed by atoms with Gasteiger partial charge in [-0.2, -0.15) is 0 Å². The standard InChI is InChI=1S/C13H17N3O/c1-16-7-10(8-16)14-12-6-9-4-2-3-5-11(9)15-13(12)17/h2-5,10,12,14H,6-8H2,1H3,(H,15,17). The zero-order valence-electron chi connectivity index (χ0n) is 9.94. The Morgan fingerprint density at radius 1 is 1.35 bits per heavy atom. The summed E-state index contributed by atoms with van der Waals surface area (Å²) in [5, 5.41) is 6.38. The lowest BCUT2D eigenvalue weighted by atomic mass is 9.97. The molecule has 1 atom stereocenters. The van der Waals surface area contributed by atoms with Gasteiger partial charge >= 0.3 is 0 Å². The van der Waals surface area contributed by atoms with E-state index in [1.165, 1.54) is 5.56 Å². The number of nitrogens with one attached hydrogen (secondary N) is 2. The number of carbonyl (C=O) groups excluding carboxylic acids is 1. The molecule has 1 unspecified atom stereocenters. The van der Waals surface area contributed by atoms with Crippen LogP contribution in [0.1, 0.15) is 5.56 Å². The normalized spacial score (nSPS) is 25.0. The van der Waals surface area contributed by atoms with Crippen LogP contribution in [0.2, 0.25) is 0 Å². The van der Waals surface area contributed by atoms with Crippen LogP contribution in [0.4, 0.5) is 5.69 Å². The van der Waals surface area contributed by atoms with Crippen LogP contribution in [0.15, 0.2) is 24.3 Å². The smallest absolute Gasteiger partial charge is 0.241 e. The molecule has 1 fully saturated rings. The summed E-state index contributed by atoms with van der Waals surface area (Å²) in [4.78, 5) is 14.2. The van der Waals surface area contributed by atoms with Crippen molar-refractivity contribution in [2.45, 2.75) is 18.5 Å². The Morgan fingerprint density at radius 3 is 2.88 bits per heavy atom. The molecule has 1 amide bonds. The van der Waals surface area contributed by atoms with Crippen LogP contribution in [-0.4, -0.2) is 43.0 Å². The van der Waals surface area contributed by atoms with Gasteiger partial charge in [-0.15, -0.1) is 0 Å². The maximum atomic E-state index is 11.9. The topological polar surface area (TPSA) is 44.4 Å². The first-order valence-corrected chi connectivity index (χ1v) is 6.06. The molecule has 2 heterocycles. The van der Waals surface area contributed by atoms with Gasteiger partial charge in [-0.25, -0.2) is 0 Å². The summed E-state index contributed by atoms with van der Waals surface area (Å²) >= 11 is 0. The van der Waals surface area contributed by atoms with Gasteiger partial charge in [-0.3, -0.25) is 4.79 Å². The summed E-state index contributed by atoms with van der Waals surface area (Å²) in [6, 6.07) is 8.39. The van der Waals surface area contributed by atoms with Crippen molar-refractivity contribution in [2.75, 3.05) is 25.5 Å². The van der Waals surface area contributed by atoms with E-state index in [-0.39, 0.29) is 11.9 Å². The number of amides is 1. The Balaban J connectivity index is 1.69. The van der Waals surface area contributed by atoms with Crippen molar-refractivity contribution in [3.63, 3.8) is 0 Å². The molecule has 2 aliphatic heterocycles. The van der Waals surface area contributed by atoms with Crippen LogP contribution >= 0.6 is 0 Å². The lowest BCUT2D eigenvalue weighted by Gasteiger charge is -2.39. The fraction of sp³-hybridized carbons (Fsp3) is 0.462. The first-order valence-electron chi connectivity index (χ1n) is 6.06. The van der Waals surface area contributed by atoms with Gasteiger partial charge < -0.3 is 15.5 Å². The van der Waals surface area contributed by atoms with Crippen LogP contribution in [0.5, 0.6) is 0 Å². The first kappa shape index (κ1) is 10.7. The summed E-state index contributed by atoms with van der Waals surface area (Å²) in [6.07, 6.45) is 0.794. The molecule has 0 aliphatic carbocycles. The predicted molar refractivity (Wildman–Crippen MR) is 67.0 cm³/mol. The van der Waals surface area contributed by atoms with Gasteiger partial charge in [0, 0.05) is 24.8 Å². The molecule has 0 saturated carbocycles. The third-order valence-corrected chi connectivity index (χ3v) is 3.52. The molecule has 1 aromatic rings. The van der Waals surface area contributed by atoms with Crippen LogP contribution in [0.25, 0.3) is 0 Å². The number of hydrogen-bond acceptors (Lipinski definition) is 3. The van der Waals surface area contributed by atoms with E-state index in [1.807, 2.05) is 18.2 Å². The maximum Gasteiger partial charge on any atom is 0.241 e. The van der Waals surface area contributed by atoms with Crippen LogP contribution in [0, 0.1) is 0 Å². The minimum absolute atomic E-state index is 0.0800. The molecular weight excluding hydrogens is 214 g/mol. The SMILES string of the molecule is CN1CC(NC2Cc3ccccc3NC2=O)C1. The van der Waals surface area contributed by atoms with Crippen molar-refractivity contribution in [1.29, 1.82) is 0 Å². The fourth-order valence-corrected chi connectivity index (χ4v) is 2.58.